The molecule has 0 saturated carbocycles. The zero-order chi connectivity index (χ0) is 16.8. The summed E-state index contributed by atoms with van der Waals surface area (Å²) in [5.41, 5.74) is 0.195. The molecule has 0 aliphatic rings. The van der Waals surface area contributed by atoms with Crippen LogP contribution < -0.4 is 4.74 Å². The zero-order valence-corrected chi connectivity index (χ0v) is 14.5. The molecule has 0 radical (unpaired) electrons. The van der Waals surface area contributed by atoms with Crippen molar-refractivity contribution in [2.45, 2.75) is 33.0 Å². The van der Waals surface area contributed by atoms with Crippen molar-refractivity contribution in [3.63, 3.8) is 0 Å². The number of nitro benzene ring substituents is 1. The Hall–Kier alpha value is -1.73. The third-order valence-electron chi connectivity index (χ3n) is 3.07. The molecule has 0 unspecified atom stereocenters. The Bertz CT molecular complexity index is 531. The second kappa shape index (κ2) is 8.05. The van der Waals surface area contributed by atoms with Crippen LogP contribution in [0, 0.1) is 16.0 Å². The topological polar surface area (TPSA) is 78.7 Å². The maximum atomic E-state index is 10.9. The Morgan fingerprint density at radius 1 is 1.32 bits per heavy atom. The van der Waals surface area contributed by atoms with Gasteiger partial charge < -0.3 is 9.16 Å². The monoisotopic (exact) mass is 325 g/mol. The van der Waals surface area contributed by atoms with Crippen molar-refractivity contribution in [1.29, 1.82) is 0 Å². The highest BCUT2D eigenvalue weighted by Crippen LogP contribution is 2.24. The van der Waals surface area contributed by atoms with Gasteiger partial charge in [0.15, 0.2) is 14.6 Å². The van der Waals surface area contributed by atoms with Gasteiger partial charge in [-0.25, -0.2) is 0 Å². The number of carbonyl (C=O) groups is 1. The molecule has 0 spiro atoms. The van der Waals surface area contributed by atoms with Crippen molar-refractivity contribution < 1.29 is 18.9 Å². The third kappa shape index (κ3) is 5.95. The fourth-order valence-electron chi connectivity index (χ4n) is 2.37. The number of nitrogens with zero attached hydrogens (tertiary/aromatic N) is 1. The van der Waals surface area contributed by atoms with Gasteiger partial charge in [0.1, 0.15) is 12.4 Å². The zero-order valence-electron chi connectivity index (χ0n) is 13.5. The number of hydrogen-bond donors (Lipinski definition) is 0. The molecule has 0 aliphatic carbocycles. The summed E-state index contributed by atoms with van der Waals surface area (Å²) in [6.45, 7) is 9.29. The maximum Gasteiger partial charge on any atom is 0.273 e. The summed E-state index contributed by atoms with van der Waals surface area (Å²) in [5, 5.41) is 10.8. The predicted octanol–water partition coefficient (Wildman–Crippen LogP) is 3.66. The second-order valence-electron chi connectivity index (χ2n) is 6.15. The number of ether oxygens (including phenoxy) is 1. The molecular formula is C15H23NO5Si. The van der Waals surface area contributed by atoms with E-state index in [1.165, 1.54) is 18.2 Å². The van der Waals surface area contributed by atoms with Crippen LogP contribution in [-0.4, -0.2) is 32.7 Å². The molecule has 22 heavy (non-hydrogen) atoms. The normalized spacial score (nSPS) is 11.5. The van der Waals surface area contributed by atoms with E-state index >= 15 is 0 Å². The fraction of sp³-hybridized carbons (Fsp3) is 0.533. The Balaban J connectivity index is 2.59. The van der Waals surface area contributed by atoms with E-state index in [1.807, 2.05) is 0 Å². The van der Waals surface area contributed by atoms with Crippen LogP contribution >= 0.6 is 0 Å². The first-order chi connectivity index (χ1) is 10.2. The minimum absolute atomic E-state index is 0.101. The van der Waals surface area contributed by atoms with E-state index < -0.39 is 13.2 Å². The summed E-state index contributed by atoms with van der Waals surface area (Å²) < 4.78 is 11.4. The van der Waals surface area contributed by atoms with E-state index in [0.717, 1.165) is 6.04 Å². The third-order valence-corrected chi connectivity index (χ3v) is 5.85. The van der Waals surface area contributed by atoms with Crippen LogP contribution in [0.5, 0.6) is 5.75 Å². The van der Waals surface area contributed by atoms with E-state index in [0.29, 0.717) is 24.4 Å². The van der Waals surface area contributed by atoms with E-state index in [-0.39, 0.29) is 18.0 Å². The molecule has 0 bridgehead atoms. The smallest absolute Gasteiger partial charge is 0.273 e. The van der Waals surface area contributed by atoms with Gasteiger partial charge in [0.2, 0.25) is 0 Å². The first kappa shape index (κ1) is 18.3. The highest BCUT2D eigenvalue weighted by molar-refractivity contribution is 6.71. The second-order valence-corrected chi connectivity index (χ2v) is 10.4. The van der Waals surface area contributed by atoms with Crippen LogP contribution in [-0.2, 0) is 4.43 Å². The molecule has 0 aromatic heterocycles. The van der Waals surface area contributed by atoms with Gasteiger partial charge in [0, 0.05) is 6.07 Å². The number of rotatable bonds is 9. The van der Waals surface area contributed by atoms with Gasteiger partial charge >= 0.3 is 0 Å². The molecule has 7 heteroatoms. The number of hydrogen-bond acceptors (Lipinski definition) is 5. The quantitative estimate of drug-likeness (QED) is 0.227. The Morgan fingerprint density at radius 3 is 2.55 bits per heavy atom. The first-order valence-corrected chi connectivity index (χ1v) is 10.4. The molecule has 1 aromatic rings. The van der Waals surface area contributed by atoms with Crippen molar-refractivity contribution in [3.8, 4) is 5.75 Å². The number of non-ortho nitro benzene ring substituents is 1. The average Bonchev–Trinajstić information content (AvgIpc) is 2.41. The van der Waals surface area contributed by atoms with Crippen LogP contribution in [0.25, 0.3) is 0 Å². The largest absolute Gasteiger partial charge is 0.490 e. The molecule has 0 heterocycles. The molecule has 6 nitrogen and oxygen atoms in total. The number of benzene rings is 1. The van der Waals surface area contributed by atoms with E-state index in [9.17, 15) is 14.9 Å². The molecule has 0 atom stereocenters. The van der Waals surface area contributed by atoms with Crippen molar-refractivity contribution in [3.05, 3.63) is 33.9 Å². The Kier molecular flexibility index (Phi) is 6.70. The standard InChI is InChI=1S/C15H23NO5Si/c1-12(2)11-22(3,4)21-8-7-20-15-9-14(16(18)19)6-5-13(15)10-17/h5-6,9-10,12H,7-8,11H2,1-4H3. The molecule has 1 aromatic carbocycles. The lowest BCUT2D eigenvalue weighted by Gasteiger charge is -2.24. The van der Waals surface area contributed by atoms with Crippen molar-refractivity contribution in [2.24, 2.45) is 5.92 Å². The van der Waals surface area contributed by atoms with E-state index in [4.69, 9.17) is 9.16 Å². The van der Waals surface area contributed by atoms with Crippen LogP contribution in [0.15, 0.2) is 18.2 Å². The molecule has 0 amide bonds. The van der Waals surface area contributed by atoms with Crippen LogP contribution in [0.3, 0.4) is 0 Å². The molecule has 0 saturated heterocycles. The summed E-state index contributed by atoms with van der Waals surface area (Å²) in [4.78, 5) is 21.2. The molecule has 1 rings (SSSR count). The first-order valence-electron chi connectivity index (χ1n) is 7.25. The van der Waals surface area contributed by atoms with Gasteiger partial charge in [-0.2, -0.15) is 0 Å². The lowest BCUT2D eigenvalue weighted by atomic mass is 10.2. The lowest BCUT2D eigenvalue weighted by molar-refractivity contribution is -0.384. The van der Waals surface area contributed by atoms with Gasteiger partial charge in [-0.15, -0.1) is 0 Å². The predicted molar refractivity (Wildman–Crippen MR) is 87.1 cm³/mol. The highest BCUT2D eigenvalue weighted by Gasteiger charge is 2.23. The van der Waals surface area contributed by atoms with E-state index in [1.54, 1.807) is 0 Å². The van der Waals surface area contributed by atoms with Crippen molar-refractivity contribution in [1.82, 2.24) is 0 Å². The van der Waals surface area contributed by atoms with E-state index in [2.05, 4.69) is 26.9 Å². The van der Waals surface area contributed by atoms with Crippen LogP contribution in [0.1, 0.15) is 24.2 Å². The molecule has 0 fully saturated rings. The minimum Gasteiger partial charge on any atom is -0.490 e. The number of aldehydes is 1. The summed E-state index contributed by atoms with van der Waals surface area (Å²) in [6, 6.07) is 4.99. The van der Waals surface area contributed by atoms with Gasteiger partial charge in [-0.1, -0.05) is 13.8 Å². The van der Waals surface area contributed by atoms with Gasteiger partial charge in [0.25, 0.3) is 5.69 Å². The van der Waals surface area contributed by atoms with Crippen LogP contribution in [0.2, 0.25) is 19.1 Å². The van der Waals surface area contributed by atoms with Gasteiger partial charge in [-0.05, 0) is 31.1 Å². The average molecular weight is 325 g/mol. The molecule has 0 aliphatic heterocycles. The van der Waals surface area contributed by atoms with Gasteiger partial charge in [-0.3, -0.25) is 14.9 Å². The minimum atomic E-state index is -1.71. The SMILES string of the molecule is CC(C)C[Si](C)(C)OCCOc1cc([N+](=O)[O-])ccc1C=O. The summed E-state index contributed by atoms with van der Waals surface area (Å²) in [7, 11) is -1.71. The maximum absolute atomic E-state index is 10.9. The van der Waals surface area contributed by atoms with Gasteiger partial charge in [0.05, 0.1) is 23.2 Å². The summed E-state index contributed by atoms with van der Waals surface area (Å²) in [5.74, 6) is 0.803. The fourth-order valence-corrected chi connectivity index (χ4v) is 5.09. The molecular weight excluding hydrogens is 302 g/mol. The lowest BCUT2D eigenvalue weighted by Crippen LogP contribution is -2.33. The Morgan fingerprint density at radius 2 is 2.00 bits per heavy atom. The Labute approximate surface area is 131 Å². The van der Waals surface area contributed by atoms with Crippen LogP contribution in [0.4, 0.5) is 5.69 Å². The number of carbonyl (C=O) groups excluding carboxylic acids is 1. The number of nitro groups is 1. The summed E-state index contributed by atoms with van der Waals surface area (Å²) in [6.07, 6.45) is 0.622. The molecule has 122 valence electrons. The summed E-state index contributed by atoms with van der Waals surface area (Å²) >= 11 is 0. The molecule has 0 N–H and O–H groups in total. The van der Waals surface area contributed by atoms with Crippen molar-refractivity contribution in [2.75, 3.05) is 13.2 Å². The highest BCUT2D eigenvalue weighted by atomic mass is 28.4. The van der Waals surface area contributed by atoms with Crippen molar-refractivity contribution >= 4 is 20.3 Å².